The summed E-state index contributed by atoms with van der Waals surface area (Å²) < 4.78 is 1.22. The second-order valence-corrected chi connectivity index (χ2v) is 4.51. The lowest BCUT2D eigenvalue weighted by molar-refractivity contribution is 0.614. The first-order valence-corrected chi connectivity index (χ1v) is 5.22. The minimum absolute atomic E-state index is 0.166. The van der Waals surface area contributed by atoms with Gasteiger partial charge in [0.05, 0.1) is 5.69 Å². The van der Waals surface area contributed by atoms with Gasteiger partial charge >= 0.3 is 0 Å². The quantitative estimate of drug-likeness (QED) is 0.839. The van der Waals surface area contributed by atoms with Gasteiger partial charge in [-0.2, -0.15) is 0 Å². The van der Waals surface area contributed by atoms with E-state index in [2.05, 4.69) is 33.6 Å². The Morgan fingerprint density at radius 2 is 2.33 bits per heavy atom. The summed E-state index contributed by atoms with van der Waals surface area (Å²) in [4.78, 5) is 4.27. The molecule has 1 atom stereocenters. The molecule has 0 aliphatic heterocycles. The van der Waals surface area contributed by atoms with Crippen molar-refractivity contribution >= 4 is 22.6 Å². The van der Waals surface area contributed by atoms with E-state index in [1.807, 2.05) is 12.3 Å². The number of nitrogens with two attached hydrogens (primary N) is 1. The molecule has 0 amide bonds. The molecule has 1 aromatic heterocycles. The van der Waals surface area contributed by atoms with Crippen LogP contribution in [0.15, 0.2) is 18.3 Å². The van der Waals surface area contributed by atoms with Gasteiger partial charge in [-0.25, -0.2) is 0 Å². The third kappa shape index (κ3) is 1.77. The number of hydrogen-bond acceptors (Lipinski definition) is 2. The number of pyridine rings is 1. The lowest BCUT2D eigenvalue weighted by atomic mass is 10.1. The Bertz CT molecular complexity index is 284. The molecule has 1 saturated carbocycles. The van der Waals surface area contributed by atoms with Crippen molar-refractivity contribution in [3.8, 4) is 0 Å². The molecular formula is C9H11IN2. The number of aromatic nitrogens is 1. The molecule has 0 aromatic carbocycles. The molecule has 2 rings (SSSR count). The second-order valence-electron chi connectivity index (χ2n) is 3.26. The van der Waals surface area contributed by atoms with Crippen molar-refractivity contribution in [2.24, 2.45) is 11.7 Å². The number of hydrogen-bond donors (Lipinski definition) is 1. The van der Waals surface area contributed by atoms with Crippen molar-refractivity contribution in [3.63, 3.8) is 0 Å². The lowest BCUT2D eigenvalue weighted by Crippen LogP contribution is -2.13. The van der Waals surface area contributed by atoms with Crippen molar-refractivity contribution in [3.05, 3.63) is 27.6 Å². The van der Waals surface area contributed by atoms with Crippen LogP contribution in [0, 0.1) is 9.49 Å². The van der Waals surface area contributed by atoms with E-state index in [0.29, 0.717) is 5.92 Å². The molecule has 0 spiro atoms. The molecule has 12 heavy (non-hydrogen) atoms. The standard InChI is InChI=1S/C9H11IN2/c10-7-3-4-12-8(5-7)9(11)6-1-2-6/h3-6,9H,1-2,11H2. The zero-order valence-electron chi connectivity index (χ0n) is 6.70. The Morgan fingerprint density at radius 1 is 1.58 bits per heavy atom. The molecule has 1 aliphatic rings. The highest BCUT2D eigenvalue weighted by Gasteiger charge is 2.30. The van der Waals surface area contributed by atoms with Crippen LogP contribution in [0.1, 0.15) is 24.6 Å². The van der Waals surface area contributed by atoms with Crippen LogP contribution in [-0.4, -0.2) is 4.98 Å². The molecule has 1 heterocycles. The van der Waals surface area contributed by atoms with Crippen molar-refractivity contribution in [1.29, 1.82) is 0 Å². The Hall–Kier alpha value is -0.160. The maximum atomic E-state index is 6.00. The molecule has 1 fully saturated rings. The van der Waals surface area contributed by atoms with Gasteiger partial charge in [-0.3, -0.25) is 4.98 Å². The van der Waals surface area contributed by atoms with Crippen LogP contribution in [0.4, 0.5) is 0 Å². The average molecular weight is 274 g/mol. The Balaban J connectivity index is 2.20. The summed E-state index contributed by atoms with van der Waals surface area (Å²) in [5.41, 5.74) is 7.05. The van der Waals surface area contributed by atoms with Crippen LogP contribution in [0.5, 0.6) is 0 Å². The van der Waals surface area contributed by atoms with Crippen molar-refractivity contribution in [1.82, 2.24) is 4.98 Å². The predicted molar refractivity (Wildman–Crippen MR) is 56.6 cm³/mol. The van der Waals surface area contributed by atoms with Gasteiger partial charge in [-0.05, 0) is 53.5 Å². The summed E-state index contributed by atoms with van der Waals surface area (Å²) in [7, 11) is 0. The highest BCUT2D eigenvalue weighted by molar-refractivity contribution is 14.1. The Labute approximate surface area is 85.7 Å². The molecule has 2 N–H and O–H groups in total. The van der Waals surface area contributed by atoms with E-state index < -0.39 is 0 Å². The topological polar surface area (TPSA) is 38.9 Å². The molecule has 1 unspecified atom stereocenters. The molecule has 3 heteroatoms. The van der Waals surface area contributed by atoms with Crippen molar-refractivity contribution in [2.75, 3.05) is 0 Å². The summed E-state index contributed by atoms with van der Waals surface area (Å²) in [6.45, 7) is 0. The van der Waals surface area contributed by atoms with Gasteiger partial charge in [0.2, 0.25) is 0 Å². The fraction of sp³-hybridized carbons (Fsp3) is 0.444. The Morgan fingerprint density at radius 3 is 2.92 bits per heavy atom. The highest BCUT2D eigenvalue weighted by atomic mass is 127. The summed E-state index contributed by atoms with van der Waals surface area (Å²) in [5, 5.41) is 0. The Kier molecular flexibility index (Phi) is 2.32. The third-order valence-electron chi connectivity index (χ3n) is 2.21. The zero-order chi connectivity index (χ0) is 8.55. The van der Waals surface area contributed by atoms with Gasteiger partial charge in [-0.1, -0.05) is 0 Å². The van der Waals surface area contributed by atoms with Gasteiger partial charge in [-0.15, -0.1) is 0 Å². The van der Waals surface area contributed by atoms with Crippen LogP contribution < -0.4 is 5.73 Å². The largest absolute Gasteiger partial charge is 0.322 e. The van der Waals surface area contributed by atoms with Gasteiger partial charge in [0.1, 0.15) is 0 Å². The van der Waals surface area contributed by atoms with Gasteiger partial charge in [0.15, 0.2) is 0 Å². The summed E-state index contributed by atoms with van der Waals surface area (Å²) in [5.74, 6) is 0.690. The molecular weight excluding hydrogens is 263 g/mol. The SMILES string of the molecule is NC(c1cc(I)ccn1)C1CC1. The van der Waals surface area contributed by atoms with Gasteiger partial charge in [0, 0.05) is 15.8 Å². The first-order chi connectivity index (χ1) is 5.77. The third-order valence-corrected chi connectivity index (χ3v) is 2.89. The molecule has 1 aliphatic carbocycles. The fourth-order valence-corrected chi connectivity index (χ4v) is 1.78. The van der Waals surface area contributed by atoms with Crippen LogP contribution in [0.2, 0.25) is 0 Å². The molecule has 0 bridgehead atoms. The maximum Gasteiger partial charge on any atom is 0.0584 e. The molecule has 0 saturated heterocycles. The number of halogens is 1. The van der Waals surface area contributed by atoms with E-state index in [1.165, 1.54) is 16.4 Å². The minimum atomic E-state index is 0.166. The van der Waals surface area contributed by atoms with Crippen LogP contribution in [0.3, 0.4) is 0 Å². The van der Waals surface area contributed by atoms with E-state index in [4.69, 9.17) is 5.73 Å². The predicted octanol–water partition coefficient (Wildman–Crippen LogP) is 2.10. The number of rotatable bonds is 2. The first-order valence-electron chi connectivity index (χ1n) is 4.14. The fourth-order valence-electron chi connectivity index (χ4n) is 1.30. The van der Waals surface area contributed by atoms with Crippen molar-refractivity contribution in [2.45, 2.75) is 18.9 Å². The zero-order valence-corrected chi connectivity index (χ0v) is 8.86. The monoisotopic (exact) mass is 274 g/mol. The molecule has 1 aromatic rings. The van der Waals surface area contributed by atoms with Crippen molar-refractivity contribution < 1.29 is 0 Å². The highest BCUT2D eigenvalue weighted by Crippen LogP contribution is 2.38. The summed E-state index contributed by atoms with van der Waals surface area (Å²) in [6.07, 6.45) is 4.38. The van der Waals surface area contributed by atoms with E-state index in [0.717, 1.165) is 5.69 Å². The smallest absolute Gasteiger partial charge is 0.0584 e. The molecule has 64 valence electrons. The first kappa shape index (κ1) is 8.44. The van der Waals surface area contributed by atoms with Crippen LogP contribution in [-0.2, 0) is 0 Å². The van der Waals surface area contributed by atoms with Gasteiger partial charge < -0.3 is 5.73 Å². The summed E-state index contributed by atoms with van der Waals surface area (Å²) >= 11 is 2.29. The molecule has 0 radical (unpaired) electrons. The van der Waals surface area contributed by atoms with E-state index in [-0.39, 0.29) is 6.04 Å². The van der Waals surface area contributed by atoms with E-state index in [1.54, 1.807) is 0 Å². The van der Waals surface area contributed by atoms with Gasteiger partial charge in [0.25, 0.3) is 0 Å². The minimum Gasteiger partial charge on any atom is -0.322 e. The summed E-state index contributed by atoms with van der Waals surface area (Å²) in [6, 6.07) is 4.23. The average Bonchev–Trinajstić information content (AvgIpc) is 2.85. The van der Waals surface area contributed by atoms with E-state index in [9.17, 15) is 0 Å². The lowest BCUT2D eigenvalue weighted by Gasteiger charge is -2.08. The van der Waals surface area contributed by atoms with Crippen LogP contribution >= 0.6 is 22.6 Å². The van der Waals surface area contributed by atoms with E-state index >= 15 is 0 Å². The number of nitrogens with zero attached hydrogens (tertiary/aromatic N) is 1. The normalized spacial score (nSPS) is 19.2. The van der Waals surface area contributed by atoms with Crippen LogP contribution in [0.25, 0.3) is 0 Å². The second kappa shape index (κ2) is 3.30. The molecule has 2 nitrogen and oxygen atoms in total. The maximum absolute atomic E-state index is 6.00.